The van der Waals surface area contributed by atoms with Gasteiger partial charge in [0.15, 0.2) is 5.11 Å². The Bertz CT molecular complexity index is 919. The zero-order chi connectivity index (χ0) is 22.5. The highest BCUT2D eigenvalue weighted by atomic mass is 32.1. The molecule has 2 aliphatic heterocycles. The third-order valence-electron chi connectivity index (χ3n) is 6.29. The summed E-state index contributed by atoms with van der Waals surface area (Å²) >= 11 is 5.61. The van der Waals surface area contributed by atoms with Crippen molar-refractivity contribution in [1.29, 1.82) is 0 Å². The van der Waals surface area contributed by atoms with Crippen LogP contribution in [0.5, 0.6) is 0 Å². The Kier molecular flexibility index (Phi) is 7.42. The number of hydrogen-bond acceptors (Lipinski definition) is 5. The minimum atomic E-state index is -0.0277. The van der Waals surface area contributed by atoms with Crippen molar-refractivity contribution < 1.29 is 13.9 Å². The second-order valence-corrected chi connectivity index (χ2v) is 9.10. The van der Waals surface area contributed by atoms with E-state index >= 15 is 0 Å². The average Bonchev–Trinajstić information content (AvgIpc) is 3.51. The maximum absolute atomic E-state index is 13.2. The largest absolute Gasteiger partial charge is 0.467 e. The highest BCUT2D eigenvalue weighted by molar-refractivity contribution is 7.80. The normalized spacial score (nSPS) is 19.2. The Balaban J connectivity index is 1.37. The number of pyridine rings is 1. The van der Waals surface area contributed by atoms with Gasteiger partial charge < -0.3 is 24.3 Å². The van der Waals surface area contributed by atoms with Crippen molar-refractivity contribution in [3.8, 4) is 0 Å². The smallest absolute Gasteiger partial charge is 0.255 e. The first-order chi connectivity index (χ1) is 15.5. The summed E-state index contributed by atoms with van der Waals surface area (Å²) < 4.78 is 11.1. The molecule has 2 aliphatic rings. The molecule has 2 aromatic heterocycles. The van der Waals surface area contributed by atoms with E-state index in [1.807, 2.05) is 31.2 Å². The van der Waals surface area contributed by atoms with E-state index in [1.165, 1.54) is 0 Å². The van der Waals surface area contributed by atoms with Crippen LogP contribution in [0, 0.1) is 6.92 Å². The van der Waals surface area contributed by atoms with E-state index in [9.17, 15) is 4.79 Å². The van der Waals surface area contributed by atoms with Crippen molar-refractivity contribution in [2.75, 3.05) is 33.3 Å². The third kappa shape index (κ3) is 5.48. The van der Waals surface area contributed by atoms with Crippen LogP contribution in [0.2, 0.25) is 0 Å². The molecule has 1 unspecified atom stereocenters. The number of hydrogen-bond donors (Lipinski definition) is 1. The first-order valence-electron chi connectivity index (χ1n) is 11.4. The number of aryl methyl sites for hydroxylation is 1. The lowest BCUT2D eigenvalue weighted by Gasteiger charge is -2.34. The molecule has 0 saturated carbocycles. The van der Waals surface area contributed by atoms with Crippen LogP contribution >= 0.6 is 12.2 Å². The number of likely N-dealkylation sites (tertiary alicyclic amines) is 1. The fourth-order valence-electron chi connectivity index (χ4n) is 4.46. The Morgan fingerprint density at radius 1 is 1.28 bits per heavy atom. The number of carbonyl (C=O) groups excluding carboxylic acids is 1. The Labute approximate surface area is 195 Å². The molecule has 0 radical (unpaired) electrons. The van der Waals surface area contributed by atoms with E-state index in [1.54, 1.807) is 18.2 Å². The predicted molar refractivity (Wildman–Crippen MR) is 127 cm³/mol. The summed E-state index contributed by atoms with van der Waals surface area (Å²) in [5, 5.41) is 4.17. The van der Waals surface area contributed by atoms with Crippen molar-refractivity contribution in [2.24, 2.45) is 0 Å². The molecular weight excluding hydrogens is 424 g/mol. The van der Waals surface area contributed by atoms with Crippen LogP contribution in [-0.2, 0) is 11.3 Å². The van der Waals surface area contributed by atoms with Crippen LogP contribution < -0.4 is 5.32 Å². The van der Waals surface area contributed by atoms with E-state index in [4.69, 9.17) is 26.4 Å². The lowest BCUT2D eigenvalue weighted by atomic mass is 9.90. The zero-order valence-corrected chi connectivity index (χ0v) is 19.7. The summed E-state index contributed by atoms with van der Waals surface area (Å²) in [5.41, 5.74) is 2.52. The molecule has 0 aliphatic carbocycles. The monoisotopic (exact) mass is 456 g/mol. The van der Waals surface area contributed by atoms with Crippen LogP contribution in [-0.4, -0.2) is 65.2 Å². The molecule has 0 spiro atoms. The van der Waals surface area contributed by atoms with Gasteiger partial charge in [0.2, 0.25) is 0 Å². The minimum Gasteiger partial charge on any atom is -0.467 e. The molecule has 4 rings (SSSR count). The van der Waals surface area contributed by atoms with Gasteiger partial charge in [0.25, 0.3) is 5.91 Å². The van der Waals surface area contributed by atoms with Gasteiger partial charge in [0.05, 0.1) is 30.2 Å². The number of rotatable bonds is 6. The molecule has 1 atom stereocenters. The van der Waals surface area contributed by atoms with Gasteiger partial charge in [0.1, 0.15) is 5.76 Å². The lowest BCUT2D eigenvalue weighted by Crippen LogP contribution is -2.46. The average molecular weight is 457 g/mol. The summed E-state index contributed by atoms with van der Waals surface area (Å²) in [6.45, 7) is 5.75. The molecule has 0 aromatic carbocycles. The van der Waals surface area contributed by atoms with Gasteiger partial charge in [0, 0.05) is 44.9 Å². The summed E-state index contributed by atoms with van der Waals surface area (Å²) in [6.07, 6.45) is 5.96. The Morgan fingerprint density at radius 3 is 2.78 bits per heavy atom. The van der Waals surface area contributed by atoms with Crippen LogP contribution in [0.25, 0.3) is 0 Å². The quantitative estimate of drug-likeness (QED) is 0.667. The lowest BCUT2D eigenvalue weighted by molar-refractivity contribution is 0.0772. The number of thiocarbonyl (C=S) groups is 1. The van der Waals surface area contributed by atoms with E-state index in [0.717, 1.165) is 74.2 Å². The molecule has 2 aromatic rings. The highest BCUT2D eigenvalue weighted by Gasteiger charge is 2.28. The summed E-state index contributed by atoms with van der Waals surface area (Å²) in [5.74, 6) is 0.975. The van der Waals surface area contributed by atoms with E-state index in [0.29, 0.717) is 12.1 Å². The van der Waals surface area contributed by atoms with Gasteiger partial charge in [-0.25, -0.2) is 0 Å². The van der Waals surface area contributed by atoms with E-state index < -0.39 is 0 Å². The van der Waals surface area contributed by atoms with Crippen LogP contribution in [0.3, 0.4) is 0 Å². The number of amides is 1. The van der Waals surface area contributed by atoms with Gasteiger partial charge in [-0.1, -0.05) is 0 Å². The minimum absolute atomic E-state index is 0.0277. The first kappa shape index (κ1) is 22.7. The second-order valence-electron chi connectivity index (χ2n) is 8.71. The second kappa shape index (κ2) is 10.4. The molecule has 4 heterocycles. The van der Waals surface area contributed by atoms with Crippen molar-refractivity contribution in [2.45, 2.75) is 51.2 Å². The number of piperidine rings is 1. The van der Waals surface area contributed by atoms with Crippen LogP contribution in [0.4, 0.5) is 0 Å². The number of aromatic nitrogens is 1. The molecule has 2 saturated heterocycles. The molecule has 8 heteroatoms. The van der Waals surface area contributed by atoms with Crippen LogP contribution in [0.15, 0.2) is 34.9 Å². The Hall–Kier alpha value is -2.45. The van der Waals surface area contributed by atoms with Gasteiger partial charge in [-0.3, -0.25) is 9.78 Å². The maximum Gasteiger partial charge on any atom is 0.255 e. The SMILES string of the molecule is Cc1ccc(C(=O)N(C)Cc2ccco2)c(C2CCN(C(=S)NCC3CCCO3)CC2)n1. The fourth-order valence-corrected chi connectivity index (χ4v) is 4.72. The standard InChI is InChI=1S/C24H32N4O3S/c1-17-7-8-21(23(29)27(2)16-20-6-4-14-31-20)22(26-17)18-9-11-28(12-10-18)24(32)25-15-19-5-3-13-30-19/h4,6-8,14,18-19H,3,5,9-13,15-16H2,1-2H3,(H,25,32). The van der Waals surface area contributed by atoms with Crippen molar-refractivity contribution >= 4 is 23.2 Å². The molecule has 1 amide bonds. The molecule has 2 fully saturated rings. The fraction of sp³-hybridized carbons (Fsp3) is 0.542. The number of furan rings is 1. The van der Waals surface area contributed by atoms with Gasteiger partial charge in [-0.05, 0) is 69.1 Å². The van der Waals surface area contributed by atoms with Crippen LogP contribution in [0.1, 0.15) is 59.1 Å². The number of nitrogens with zero attached hydrogens (tertiary/aromatic N) is 3. The maximum atomic E-state index is 13.2. The van der Waals surface area contributed by atoms with Gasteiger partial charge in [-0.15, -0.1) is 0 Å². The van der Waals surface area contributed by atoms with Crippen molar-refractivity contribution in [3.05, 3.63) is 53.2 Å². The predicted octanol–water partition coefficient (Wildman–Crippen LogP) is 3.49. The number of nitrogens with one attached hydrogen (secondary N) is 1. The van der Waals surface area contributed by atoms with E-state index in [2.05, 4.69) is 10.2 Å². The van der Waals surface area contributed by atoms with Gasteiger partial charge in [-0.2, -0.15) is 0 Å². The zero-order valence-electron chi connectivity index (χ0n) is 18.9. The number of ether oxygens (including phenoxy) is 1. The van der Waals surface area contributed by atoms with Crippen molar-refractivity contribution in [1.82, 2.24) is 20.1 Å². The molecular formula is C24H32N4O3S. The molecule has 0 bridgehead atoms. The molecule has 7 nitrogen and oxygen atoms in total. The topological polar surface area (TPSA) is 70.8 Å². The summed E-state index contributed by atoms with van der Waals surface area (Å²) in [4.78, 5) is 21.9. The Morgan fingerprint density at radius 2 is 2.09 bits per heavy atom. The van der Waals surface area contributed by atoms with Crippen molar-refractivity contribution in [3.63, 3.8) is 0 Å². The molecule has 172 valence electrons. The number of carbonyl (C=O) groups is 1. The summed E-state index contributed by atoms with van der Waals surface area (Å²) in [6, 6.07) is 7.54. The highest BCUT2D eigenvalue weighted by Crippen LogP contribution is 2.30. The first-order valence-corrected chi connectivity index (χ1v) is 11.8. The van der Waals surface area contributed by atoms with Gasteiger partial charge >= 0.3 is 0 Å². The molecule has 1 N–H and O–H groups in total. The molecule has 32 heavy (non-hydrogen) atoms. The summed E-state index contributed by atoms with van der Waals surface area (Å²) in [7, 11) is 1.80. The van der Waals surface area contributed by atoms with E-state index in [-0.39, 0.29) is 17.9 Å². The third-order valence-corrected chi connectivity index (χ3v) is 6.69.